The van der Waals surface area contributed by atoms with Gasteiger partial charge in [0.05, 0.1) is 17.8 Å². The molecule has 1 N–H and O–H groups in total. The number of carbonyl (C=O) groups excluding carboxylic acids is 2. The molecule has 5 nitrogen and oxygen atoms in total. The van der Waals surface area contributed by atoms with Crippen LogP contribution in [0.2, 0.25) is 10.0 Å². The maximum atomic E-state index is 12.1. The highest BCUT2D eigenvalue weighted by molar-refractivity contribution is 6.35. The Morgan fingerprint density at radius 2 is 1.92 bits per heavy atom. The van der Waals surface area contributed by atoms with E-state index in [1.165, 1.54) is 19.1 Å². The normalized spacial score (nSPS) is 11.8. The van der Waals surface area contributed by atoms with Crippen LogP contribution in [0.15, 0.2) is 48.5 Å². The number of methoxy groups -OCH3 is 1. The fourth-order valence-corrected chi connectivity index (χ4v) is 2.34. The summed E-state index contributed by atoms with van der Waals surface area (Å²) in [5.74, 6) is -0.489. The lowest BCUT2D eigenvalue weighted by molar-refractivity contribution is -0.148. The molecule has 26 heavy (non-hydrogen) atoms. The molecule has 2 aromatic carbocycles. The van der Waals surface area contributed by atoms with Crippen LogP contribution in [0, 0.1) is 0 Å². The SMILES string of the molecule is COc1cccc(/C=C/C(=O)O[C@@H](C)C(=O)Nc2cc(Cl)ccc2Cl)c1. The predicted octanol–water partition coefficient (Wildman–Crippen LogP) is 4.59. The van der Waals surface area contributed by atoms with E-state index in [-0.39, 0.29) is 0 Å². The number of anilines is 1. The van der Waals surface area contributed by atoms with E-state index in [0.717, 1.165) is 5.56 Å². The van der Waals surface area contributed by atoms with Crippen LogP contribution in [0.3, 0.4) is 0 Å². The van der Waals surface area contributed by atoms with E-state index in [2.05, 4.69) is 5.32 Å². The van der Waals surface area contributed by atoms with E-state index < -0.39 is 18.0 Å². The van der Waals surface area contributed by atoms with Gasteiger partial charge in [0.15, 0.2) is 6.10 Å². The fourth-order valence-electron chi connectivity index (χ4n) is 2.00. The van der Waals surface area contributed by atoms with Crippen molar-refractivity contribution < 1.29 is 19.1 Å². The van der Waals surface area contributed by atoms with Crippen molar-refractivity contribution in [3.63, 3.8) is 0 Å². The van der Waals surface area contributed by atoms with Crippen LogP contribution in [0.5, 0.6) is 5.75 Å². The van der Waals surface area contributed by atoms with E-state index >= 15 is 0 Å². The van der Waals surface area contributed by atoms with Crippen molar-refractivity contribution in [2.45, 2.75) is 13.0 Å². The highest BCUT2D eigenvalue weighted by atomic mass is 35.5. The first kappa shape index (κ1) is 19.8. The lowest BCUT2D eigenvalue weighted by Crippen LogP contribution is -2.29. The summed E-state index contributed by atoms with van der Waals surface area (Å²) in [4.78, 5) is 24.0. The molecule has 0 heterocycles. The van der Waals surface area contributed by atoms with E-state index in [1.54, 1.807) is 43.5 Å². The quantitative estimate of drug-likeness (QED) is 0.575. The van der Waals surface area contributed by atoms with Gasteiger partial charge in [-0.3, -0.25) is 4.79 Å². The highest BCUT2D eigenvalue weighted by Crippen LogP contribution is 2.25. The highest BCUT2D eigenvalue weighted by Gasteiger charge is 2.17. The molecule has 0 bridgehead atoms. The molecule has 0 fully saturated rings. The monoisotopic (exact) mass is 393 g/mol. The van der Waals surface area contributed by atoms with Crippen LogP contribution in [-0.2, 0) is 14.3 Å². The molecule has 0 spiro atoms. The Hall–Kier alpha value is -2.50. The van der Waals surface area contributed by atoms with Crippen LogP contribution in [-0.4, -0.2) is 25.1 Å². The molecule has 0 aliphatic heterocycles. The Kier molecular flexibility index (Phi) is 7.06. The molecule has 136 valence electrons. The maximum Gasteiger partial charge on any atom is 0.331 e. The Bertz CT molecular complexity index is 836. The van der Waals surface area contributed by atoms with Crippen molar-refractivity contribution in [3.8, 4) is 5.75 Å². The second-order valence-corrected chi connectivity index (χ2v) is 6.15. The number of hydrogen-bond acceptors (Lipinski definition) is 4. The van der Waals surface area contributed by atoms with Crippen LogP contribution in [0.1, 0.15) is 12.5 Å². The van der Waals surface area contributed by atoms with E-state index in [9.17, 15) is 9.59 Å². The molecule has 1 amide bonds. The number of benzene rings is 2. The standard InChI is InChI=1S/C19H17Cl2NO4/c1-12(19(24)22-17-11-14(20)7-8-16(17)21)26-18(23)9-6-13-4-3-5-15(10-13)25-2/h3-12H,1-2H3,(H,22,24)/b9-6+/t12-/m0/s1. The van der Waals surface area contributed by atoms with Crippen LogP contribution < -0.4 is 10.1 Å². The van der Waals surface area contributed by atoms with Gasteiger partial charge in [0.2, 0.25) is 0 Å². The number of rotatable bonds is 6. The number of esters is 1. The van der Waals surface area contributed by atoms with Gasteiger partial charge in [0, 0.05) is 11.1 Å². The van der Waals surface area contributed by atoms with Crippen LogP contribution >= 0.6 is 23.2 Å². The van der Waals surface area contributed by atoms with Crippen molar-refractivity contribution in [1.29, 1.82) is 0 Å². The molecular weight excluding hydrogens is 377 g/mol. The Morgan fingerprint density at radius 3 is 2.65 bits per heavy atom. The smallest absolute Gasteiger partial charge is 0.331 e. The number of ether oxygens (including phenoxy) is 2. The Balaban J connectivity index is 1.94. The zero-order valence-corrected chi connectivity index (χ0v) is 15.7. The lowest BCUT2D eigenvalue weighted by atomic mass is 10.2. The fraction of sp³-hybridized carbons (Fsp3) is 0.158. The molecule has 2 rings (SSSR count). The number of hydrogen-bond donors (Lipinski definition) is 1. The van der Waals surface area contributed by atoms with Gasteiger partial charge in [-0.2, -0.15) is 0 Å². The van der Waals surface area contributed by atoms with Gasteiger partial charge in [0.25, 0.3) is 5.91 Å². The first-order valence-corrected chi connectivity index (χ1v) is 8.43. The minimum atomic E-state index is -1.01. The Morgan fingerprint density at radius 1 is 1.15 bits per heavy atom. The summed E-state index contributed by atoms with van der Waals surface area (Å²) >= 11 is 11.9. The van der Waals surface area contributed by atoms with Gasteiger partial charge in [-0.05, 0) is 48.9 Å². The van der Waals surface area contributed by atoms with Gasteiger partial charge >= 0.3 is 5.97 Å². The van der Waals surface area contributed by atoms with Gasteiger partial charge < -0.3 is 14.8 Å². The summed E-state index contributed by atoms with van der Waals surface area (Å²) in [6.45, 7) is 1.46. The first-order valence-electron chi connectivity index (χ1n) is 7.67. The lowest BCUT2D eigenvalue weighted by Gasteiger charge is -2.13. The molecule has 0 aromatic heterocycles. The second kappa shape index (κ2) is 9.27. The van der Waals surface area contributed by atoms with E-state index in [4.69, 9.17) is 32.7 Å². The minimum absolute atomic E-state index is 0.333. The van der Waals surface area contributed by atoms with Crippen molar-refractivity contribution in [3.05, 3.63) is 64.1 Å². The molecule has 0 aliphatic carbocycles. The summed E-state index contributed by atoms with van der Waals surface area (Å²) in [6.07, 6.45) is 1.81. The molecule has 0 radical (unpaired) electrons. The van der Waals surface area contributed by atoms with Crippen LogP contribution in [0.4, 0.5) is 5.69 Å². The maximum absolute atomic E-state index is 12.1. The average Bonchev–Trinajstić information content (AvgIpc) is 2.63. The van der Waals surface area contributed by atoms with E-state index in [0.29, 0.717) is 21.5 Å². The third kappa shape index (κ3) is 5.79. The Labute approximate surface area is 161 Å². The third-order valence-corrected chi connectivity index (χ3v) is 3.92. The van der Waals surface area contributed by atoms with Crippen molar-refractivity contribution in [2.24, 2.45) is 0 Å². The van der Waals surface area contributed by atoms with Crippen molar-refractivity contribution in [1.82, 2.24) is 0 Å². The van der Waals surface area contributed by atoms with Crippen LogP contribution in [0.25, 0.3) is 6.08 Å². The van der Waals surface area contributed by atoms with Gasteiger partial charge in [-0.1, -0.05) is 35.3 Å². The minimum Gasteiger partial charge on any atom is -0.497 e. The topological polar surface area (TPSA) is 64.6 Å². The zero-order chi connectivity index (χ0) is 19.1. The molecule has 0 saturated heterocycles. The molecular formula is C19H17Cl2NO4. The van der Waals surface area contributed by atoms with E-state index in [1.807, 2.05) is 6.07 Å². The summed E-state index contributed by atoms with van der Waals surface area (Å²) in [5.41, 5.74) is 1.11. The summed E-state index contributed by atoms with van der Waals surface area (Å²) in [6, 6.07) is 11.8. The predicted molar refractivity (Wildman–Crippen MR) is 103 cm³/mol. The van der Waals surface area contributed by atoms with Crippen molar-refractivity contribution in [2.75, 3.05) is 12.4 Å². The zero-order valence-electron chi connectivity index (χ0n) is 14.2. The first-order chi connectivity index (χ1) is 12.4. The summed E-state index contributed by atoms with van der Waals surface area (Å²) in [5, 5.41) is 3.33. The number of carbonyl (C=O) groups is 2. The van der Waals surface area contributed by atoms with Gasteiger partial charge in [0.1, 0.15) is 5.75 Å². The average molecular weight is 394 g/mol. The molecule has 1 atom stereocenters. The molecule has 7 heteroatoms. The largest absolute Gasteiger partial charge is 0.497 e. The second-order valence-electron chi connectivity index (χ2n) is 5.30. The molecule has 0 unspecified atom stereocenters. The third-order valence-electron chi connectivity index (χ3n) is 3.35. The van der Waals surface area contributed by atoms with Crippen molar-refractivity contribution >= 4 is 46.8 Å². The number of nitrogens with one attached hydrogen (secondary N) is 1. The van der Waals surface area contributed by atoms with Gasteiger partial charge in [-0.25, -0.2) is 4.79 Å². The summed E-state index contributed by atoms with van der Waals surface area (Å²) in [7, 11) is 1.56. The molecule has 2 aromatic rings. The molecule has 0 saturated carbocycles. The summed E-state index contributed by atoms with van der Waals surface area (Å²) < 4.78 is 10.2. The number of amides is 1. The molecule has 0 aliphatic rings. The van der Waals surface area contributed by atoms with Gasteiger partial charge in [-0.15, -0.1) is 0 Å². The number of halogens is 2.